The number of likely N-dealkylation sites (tertiary alicyclic amines) is 1. The molecule has 2 aliphatic heterocycles. The van der Waals surface area contributed by atoms with Crippen LogP contribution in [0.2, 0.25) is 0 Å². The minimum absolute atomic E-state index is 0.173. The number of anilines is 1. The van der Waals surface area contributed by atoms with Gasteiger partial charge in [-0.3, -0.25) is 14.5 Å². The number of hydrogen-bond donors (Lipinski definition) is 2. The fraction of sp³-hybridized carbons (Fsp3) is 0.474. The van der Waals surface area contributed by atoms with Crippen molar-refractivity contribution in [2.75, 3.05) is 29.9 Å². The van der Waals surface area contributed by atoms with Gasteiger partial charge in [0.2, 0.25) is 5.91 Å². The third-order valence-electron chi connectivity index (χ3n) is 5.47. The lowest BCUT2D eigenvalue weighted by Crippen LogP contribution is -2.52. The second-order valence-corrected chi connectivity index (χ2v) is 8.14. The lowest BCUT2D eigenvalue weighted by atomic mass is 9.92. The molecule has 0 saturated carbocycles. The SMILES string of the molecule is CC(=O)c1oc2ccccc2c1NC(=O)CN1CCC(O)C12CCSC2. The second-order valence-electron chi connectivity index (χ2n) is 7.04. The number of hydrogen-bond acceptors (Lipinski definition) is 6. The monoisotopic (exact) mass is 374 g/mol. The molecule has 6 nitrogen and oxygen atoms in total. The molecule has 1 aromatic carbocycles. The molecule has 0 aliphatic carbocycles. The number of ketones is 1. The quantitative estimate of drug-likeness (QED) is 0.800. The number of nitrogens with one attached hydrogen (secondary N) is 1. The molecule has 138 valence electrons. The number of fused-ring (bicyclic) bond motifs is 1. The summed E-state index contributed by atoms with van der Waals surface area (Å²) < 4.78 is 5.62. The highest BCUT2D eigenvalue weighted by Crippen LogP contribution is 2.41. The van der Waals surface area contributed by atoms with Gasteiger partial charge in [0.05, 0.1) is 23.9 Å². The van der Waals surface area contributed by atoms with Crippen molar-refractivity contribution in [2.24, 2.45) is 0 Å². The zero-order valence-electron chi connectivity index (χ0n) is 14.7. The Kier molecular flexibility index (Phi) is 4.54. The van der Waals surface area contributed by atoms with Gasteiger partial charge in [0.1, 0.15) is 5.58 Å². The van der Waals surface area contributed by atoms with Crippen molar-refractivity contribution in [3.63, 3.8) is 0 Å². The Bertz CT molecular complexity index is 856. The molecule has 2 saturated heterocycles. The van der Waals surface area contributed by atoms with E-state index in [1.165, 1.54) is 6.92 Å². The Morgan fingerprint density at radius 2 is 2.23 bits per heavy atom. The van der Waals surface area contributed by atoms with Crippen LogP contribution in [0.1, 0.15) is 30.3 Å². The maximum atomic E-state index is 12.7. The van der Waals surface area contributed by atoms with E-state index in [2.05, 4.69) is 10.2 Å². The zero-order valence-corrected chi connectivity index (χ0v) is 15.5. The lowest BCUT2D eigenvalue weighted by Gasteiger charge is -2.36. The summed E-state index contributed by atoms with van der Waals surface area (Å²) in [6, 6.07) is 7.28. The van der Waals surface area contributed by atoms with Crippen LogP contribution in [0.15, 0.2) is 28.7 Å². The minimum Gasteiger partial charge on any atom is -0.451 e. The van der Waals surface area contributed by atoms with Gasteiger partial charge in [0, 0.05) is 24.6 Å². The van der Waals surface area contributed by atoms with E-state index >= 15 is 0 Å². The topological polar surface area (TPSA) is 82.8 Å². The molecular weight excluding hydrogens is 352 g/mol. The maximum absolute atomic E-state index is 12.7. The molecule has 7 heteroatoms. The second kappa shape index (κ2) is 6.72. The van der Waals surface area contributed by atoms with Crippen molar-refractivity contribution in [1.29, 1.82) is 0 Å². The van der Waals surface area contributed by atoms with E-state index in [1.807, 2.05) is 30.0 Å². The Labute approximate surface area is 155 Å². The van der Waals surface area contributed by atoms with Crippen LogP contribution in [0.4, 0.5) is 5.69 Å². The summed E-state index contributed by atoms with van der Waals surface area (Å²) in [6.45, 7) is 2.34. The van der Waals surface area contributed by atoms with E-state index in [0.29, 0.717) is 24.2 Å². The average molecular weight is 374 g/mol. The Hall–Kier alpha value is -1.83. The maximum Gasteiger partial charge on any atom is 0.238 e. The number of aliphatic hydroxyl groups excluding tert-OH is 1. The summed E-state index contributed by atoms with van der Waals surface area (Å²) in [6.07, 6.45) is 1.22. The number of carbonyl (C=O) groups excluding carboxylic acids is 2. The van der Waals surface area contributed by atoms with Gasteiger partial charge in [0.15, 0.2) is 11.5 Å². The molecule has 2 fully saturated rings. The molecule has 1 aromatic heterocycles. The highest BCUT2D eigenvalue weighted by Gasteiger charge is 2.50. The van der Waals surface area contributed by atoms with E-state index < -0.39 is 0 Å². The third-order valence-corrected chi connectivity index (χ3v) is 6.66. The van der Waals surface area contributed by atoms with Gasteiger partial charge >= 0.3 is 0 Å². The summed E-state index contributed by atoms with van der Waals surface area (Å²) >= 11 is 1.83. The van der Waals surface area contributed by atoms with Crippen LogP contribution in [0.3, 0.4) is 0 Å². The van der Waals surface area contributed by atoms with Crippen LogP contribution in [0, 0.1) is 0 Å². The van der Waals surface area contributed by atoms with Crippen molar-refractivity contribution in [3.8, 4) is 0 Å². The molecule has 0 radical (unpaired) electrons. The first-order valence-corrected chi connectivity index (χ1v) is 10.00. The van der Waals surface area contributed by atoms with Crippen LogP contribution in [0.25, 0.3) is 11.0 Å². The van der Waals surface area contributed by atoms with Crippen molar-refractivity contribution in [1.82, 2.24) is 4.90 Å². The standard InChI is InChI=1S/C19H22N2O4S/c1-12(22)18-17(13-4-2-3-5-14(13)25-18)20-16(24)10-21-8-6-15(23)19(21)7-9-26-11-19/h2-5,15,23H,6-11H2,1H3,(H,20,24). The van der Waals surface area contributed by atoms with E-state index in [4.69, 9.17) is 4.42 Å². The predicted molar refractivity (Wildman–Crippen MR) is 102 cm³/mol. The first kappa shape index (κ1) is 17.6. The summed E-state index contributed by atoms with van der Waals surface area (Å²) in [5.41, 5.74) is 0.727. The van der Waals surface area contributed by atoms with Gasteiger partial charge in [0.25, 0.3) is 0 Å². The largest absolute Gasteiger partial charge is 0.451 e. The number of furan rings is 1. The highest BCUT2D eigenvalue weighted by molar-refractivity contribution is 7.99. The van der Waals surface area contributed by atoms with Gasteiger partial charge in [-0.2, -0.15) is 11.8 Å². The van der Waals surface area contributed by atoms with Crippen molar-refractivity contribution in [3.05, 3.63) is 30.0 Å². The Morgan fingerprint density at radius 1 is 1.42 bits per heavy atom. The van der Waals surface area contributed by atoms with E-state index in [0.717, 1.165) is 23.3 Å². The number of nitrogens with zero attached hydrogens (tertiary/aromatic N) is 1. The fourth-order valence-electron chi connectivity index (χ4n) is 4.07. The van der Waals surface area contributed by atoms with Crippen molar-refractivity contribution in [2.45, 2.75) is 31.4 Å². The summed E-state index contributed by atoms with van der Waals surface area (Å²) in [5, 5.41) is 14.0. The number of rotatable bonds is 4. The van der Waals surface area contributed by atoms with Crippen molar-refractivity contribution < 1.29 is 19.1 Å². The van der Waals surface area contributed by atoms with Crippen LogP contribution in [0.5, 0.6) is 0 Å². The van der Waals surface area contributed by atoms with Gasteiger partial charge in [-0.1, -0.05) is 12.1 Å². The van der Waals surface area contributed by atoms with Gasteiger partial charge in [-0.15, -0.1) is 0 Å². The first-order chi connectivity index (χ1) is 12.5. The predicted octanol–water partition coefficient (Wildman–Crippen LogP) is 2.52. The third kappa shape index (κ3) is 2.84. The molecule has 2 atom stereocenters. The van der Waals surface area contributed by atoms with Crippen LogP contribution in [-0.2, 0) is 4.79 Å². The minimum atomic E-state index is -0.382. The molecule has 3 heterocycles. The van der Waals surface area contributed by atoms with Gasteiger partial charge < -0.3 is 14.8 Å². The molecule has 2 aromatic rings. The molecule has 2 N–H and O–H groups in total. The molecule has 26 heavy (non-hydrogen) atoms. The summed E-state index contributed by atoms with van der Waals surface area (Å²) in [7, 11) is 0. The zero-order chi connectivity index (χ0) is 18.3. The number of amides is 1. The summed E-state index contributed by atoms with van der Waals surface area (Å²) in [4.78, 5) is 26.8. The number of aliphatic hydroxyl groups is 1. The lowest BCUT2D eigenvalue weighted by molar-refractivity contribution is -0.118. The van der Waals surface area contributed by atoms with E-state index in [1.54, 1.807) is 6.07 Å². The van der Waals surface area contributed by atoms with E-state index in [-0.39, 0.29) is 35.6 Å². The molecular formula is C19H22N2O4S. The van der Waals surface area contributed by atoms with Crippen molar-refractivity contribution >= 4 is 40.1 Å². The summed E-state index contributed by atoms with van der Waals surface area (Å²) in [5.74, 6) is 1.62. The molecule has 2 aliphatic rings. The smallest absolute Gasteiger partial charge is 0.238 e. The normalized spacial score (nSPS) is 26.0. The molecule has 1 spiro atoms. The number of para-hydroxylation sites is 1. The van der Waals surface area contributed by atoms with Gasteiger partial charge in [-0.05, 0) is 30.7 Å². The van der Waals surface area contributed by atoms with Crippen LogP contribution < -0.4 is 5.32 Å². The highest BCUT2D eigenvalue weighted by atomic mass is 32.2. The molecule has 0 bridgehead atoms. The molecule has 4 rings (SSSR count). The van der Waals surface area contributed by atoms with Crippen LogP contribution in [-0.4, -0.2) is 57.9 Å². The van der Waals surface area contributed by atoms with Gasteiger partial charge in [-0.25, -0.2) is 0 Å². The Balaban J connectivity index is 1.56. The average Bonchev–Trinajstić information content (AvgIpc) is 3.31. The molecule has 1 amide bonds. The van der Waals surface area contributed by atoms with Crippen LogP contribution >= 0.6 is 11.8 Å². The number of thioether (sulfide) groups is 1. The Morgan fingerprint density at radius 3 is 2.96 bits per heavy atom. The first-order valence-electron chi connectivity index (χ1n) is 8.84. The fourth-order valence-corrected chi connectivity index (χ4v) is 5.58. The number of carbonyl (C=O) groups is 2. The number of Topliss-reactive ketones (excluding diaryl/α,β-unsaturated/α-hetero) is 1. The van der Waals surface area contributed by atoms with E-state index in [9.17, 15) is 14.7 Å². The molecule has 2 unspecified atom stereocenters. The number of benzene rings is 1.